The Labute approximate surface area is 123 Å². The predicted octanol–water partition coefficient (Wildman–Crippen LogP) is 4.46. The summed E-state index contributed by atoms with van der Waals surface area (Å²) >= 11 is 0.540. The summed E-state index contributed by atoms with van der Waals surface area (Å²) < 4.78 is 39.4. The molecule has 1 fully saturated rings. The van der Waals surface area contributed by atoms with Gasteiger partial charge in [-0.15, -0.1) is 0 Å². The molecule has 0 aliphatic carbocycles. The van der Waals surface area contributed by atoms with Crippen molar-refractivity contribution in [3.63, 3.8) is 0 Å². The van der Waals surface area contributed by atoms with E-state index in [1.165, 1.54) is 0 Å². The standard InChI is InChI=1S/C14H19BF2O2S/c1-12(2)13(3,4)19-15(18-12)10-14(16,17)20-11-8-6-5-7-9-11/h5-9H,10H2,1-4H3. The van der Waals surface area contributed by atoms with Crippen LogP contribution in [0.3, 0.4) is 0 Å². The second-order valence-electron chi connectivity index (χ2n) is 5.94. The fraction of sp³-hybridized carbons (Fsp3) is 0.571. The van der Waals surface area contributed by atoms with Gasteiger partial charge in [0, 0.05) is 4.90 Å². The molecule has 0 bridgehead atoms. The smallest absolute Gasteiger partial charge is 0.403 e. The molecule has 6 heteroatoms. The highest BCUT2D eigenvalue weighted by molar-refractivity contribution is 8.00. The van der Waals surface area contributed by atoms with Crippen molar-refractivity contribution >= 4 is 18.9 Å². The highest BCUT2D eigenvalue weighted by Gasteiger charge is 2.54. The molecule has 1 aromatic carbocycles. The van der Waals surface area contributed by atoms with Gasteiger partial charge in [-0.1, -0.05) is 30.0 Å². The molecular formula is C14H19BF2O2S. The number of hydrogen-bond acceptors (Lipinski definition) is 3. The monoisotopic (exact) mass is 300 g/mol. The third-order valence-corrected chi connectivity index (χ3v) is 4.69. The van der Waals surface area contributed by atoms with Gasteiger partial charge in [0.15, 0.2) is 0 Å². The fourth-order valence-corrected chi connectivity index (χ4v) is 2.80. The van der Waals surface area contributed by atoms with Gasteiger partial charge in [-0.25, -0.2) is 0 Å². The van der Waals surface area contributed by atoms with Crippen molar-refractivity contribution in [2.45, 2.75) is 55.4 Å². The van der Waals surface area contributed by atoms with Gasteiger partial charge in [0.05, 0.1) is 17.5 Å². The first kappa shape index (κ1) is 15.8. The molecule has 20 heavy (non-hydrogen) atoms. The second-order valence-corrected chi connectivity index (χ2v) is 7.22. The zero-order valence-corrected chi connectivity index (χ0v) is 13.0. The zero-order chi connectivity index (χ0) is 15.0. The summed E-state index contributed by atoms with van der Waals surface area (Å²) in [5.41, 5.74) is -1.16. The summed E-state index contributed by atoms with van der Waals surface area (Å²) in [6.45, 7) is 7.43. The maximum Gasteiger partial charge on any atom is 0.464 e. The first-order chi connectivity index (χ1) is 9.11. The van der Waals surface area contributed by atoms with Gasteiger partial charge >= 0.3 is 7.12 Å². The summed E-state index contributed by atoms with van der Waals surface area (Å²) in [5, 5.41) is -2.93. The lowest BCUT2D eigenvalue weighted by molar-refractivity contribution is 0.00578. The van der Waals surface area contributed by atoms with E-state index in [9.17, 15) is 8.78 Å². The molecule has 2 nitrogen and oxygen atoms in total. The van der Waals surface area contributed by atoms with E-state index in [2.05, 4.69) is 0 Å². The summed E-state index contributed by atoms with van der Waals surface area (Å²) in [6.07, 6.45) is -0.459. The van der Waals surface area contributed by atoms with Crippen molar-refractivity contribution < 1.29 is 18.1 Å². The molecule has 1 saturated heterocycles. The topological polar surface area (TPSA) is 18.5 Å². The normalized spacial score (nSPS) is 21.2. The Morgan fingerprint density at radius 3 is 2.05 bits per heavy atom. The molecule has 0 atom stereocenters. The molecule has 0 amide bonds. The Balaban J connectivity index is 2.00. The van der Waals surface area contributed by atoms with Crippen molar-refractivity contribution in [3.8, 4) is 0 Å². The van der Waals surface area contributed by atoms with Crippen LogP contribution in [0.4, 0.5) is 8.78 Å². The third-order valence-electron chi connectivity index (χ3n) is 3.72. The summed E-state index contributed by atoms with van der Waals surface area (Å²) in [5.74, 6) is 0. The molecule has 0 saturated carbocycles. The quantitative estimate of drug-likeness (QED) is 0.604. The van der Waals surface area contributed by atoms with Gasteiger partial charge in [-0.2, -0.15) is 8.78 Å². The van der Waals surface area contributed by atoms with Crippen LogP contribution < -0.4 is 0 Å². The van der Waals surface area contributed by atoms with E-state index in [0.717, 1.165) is 0 Å². The number of thioether (sulfide) groups is 1. The average molecular weight is 300 g/mol. The van der Waals surface area contributed by atoms with Crippen molar-refractivity contribution in [2.75, 3.05) is 0 Å². The molecular weight excluding hydrogens is 281 g/mol. The van der Waals surface area contributed by atoms with Gasteiger partial charge in [-0.05, 0) is 39.8 Å². The zero-order valence-electron chi connectivity index (χ0n) is 12.2. The van der Waals surface area contributed by atoms with Gasteiger partial charge in [0.2, 0.25) is 0 Å². The number of alkyl halides is 2. The number of hydrogen-bond donors (Lipinski definition) is 0. The minimum atomic E-state index is -2.93. The molecule has 1 aromatic rings. The van der Waals surface area contributed by atoms with Crippen LogP contribution in [0.25, 0.3) is 0 Å². The molecule has 0 spiro atoms. The lowest BCUT2D eigenvalue weighted by atomic mass is 9.85. The number of halogens is 2. The molecule has 1 aliphatic rings. The minimum Gasteiger partial charge on any atom is -0.403 e. The van der Waals surface area contributed by atoms with Crippen molar-refractivity contribution in [3.05, 3.63) is 30.3 Å². The summed E-state index contributed by atoms with van der Waals surface area (Å²) in [6, 6.07) is 8.63. The lowest BCUT2D eigenvalue weighted by Crippen LogP contribution is -2.41. The van der Waals surface area contributed by atoms with E-state index < -0.39 is 29.9 Å². The molecule has 2 rings (SSSR count). The summed E-state index contributed by atoms with van der Waals surface area (Å²) in [4.78, 5) is 0.536. The van der Waals surface area contributed by atoms with Gasteiger partial charge in [-0.3, -0.25) is 0 Å². The van der Waals surface area contributed by atoms with Gasteiger partial charge in [0.1, 0.15) is 0 Å². The van der Waals surface area contributed by atoms with Crippen LogP contribution in [0.1, 0.15) is 27.7 Å². The Bertz CT molecular complexity index is 450. The Hall–Kier alpha value is -0.585. The van der Waals surface area contributed by atoms with E-state index in [0.29, 0.717) is 16.7 Å². The van der Waals surface area contributed by atoms with E-state index in [4.69, 9.17) is 9.31 Å². The Morgan fingerprint density at radius 1 is 1.05 bits per heavy atom. The SMILES string of the molecule is CC1(C)OB(CC(F)(F)Sc2ccccc2)OC1(C)C. The molecule has 0 N–H and O–H groups in total. The fourth-order valence-electron chi connectivity index (χ4n) is 1.95. The third kappa shape index (κ3) is 3.54. The van der Waals surface area contributed by atoms with E-state index in [1.54, 1.807) is 30.3 Å². The van der Waals surface area contributed by atoms with Crippen LogP contribution in [-0.2, 0) is 9.31 Å². The minimum absolute atomic E-state index is 0.459. The lowest BCUT2D eigenvalue weighted by Gasteiger charge is -2.32. The molecule has 110 valence electrons. The maximum absolute atomic E-state index is 14.1. The highest BCUT2D eigenvalue weighted by atomic mass is 32.2. The molecule has 0 unspecified atom stereocenters. The van der Waals surface area contributed by atoms with E-state index in [-0.39, 0.29) is 0 Å². The maximum atomic E-state index is 14.1. The van der Waals surface area contributed by atoms with Crippen LogP contribution in [0.5, 0.6) is 0 Å². The van der Waals surface area contributed by atoms with Crippen molar-refractivity contribution in [1.29, 1.82) is 0 Å². The molecule has 0 radical (unpaired) electrons. The number of benzene rings is 1. The van der Waals surface area contributed by atoms with Crippen LogP contribution >= 0.6 is 11.8 Å². The Kier molecular flexibility index (Phi) is 4.20. The molecule has 1 heterocycles. The van der Waals surface area contributed by atoms with Gasteiger partial charge < -0.3 is 9.31 Å². The number of rotatable bonds is 4. The predicted molar refractivity (Wildman–Crippen MR) is 78.1 cm³/mol. The van der Waals surface area contributed by atoms with Crippen LogP contribution in [-0.4, -0.2) is 23.6 Å². The Morgan fingerprint density at radius 2 is 1.55 bits per heavy atom. The van der Waals surface area contributed by atoms with E-state index in [1.807, 2.05) is 27.7 Å². The van der Waals surface area contributed by atoms with Crippen LogP contribution in [0.15, 0.2) is 35.2 Å². The first-order valence-corrected chi connectivity index (χ1v) is 7.40. The first-order valence-electron chi connectivity index (χ1n) is 6.59. The average Bonchev–Trinajstić information content (AvgIpc) is 2.46. The van der Waals surface area contributed by atoms with Crippen LogP contribution in [0, 0.1) is 0 Å². The van der Waals surface area contributed by atoms with Gasteiger partial charge in [0.25, 0.3) is 5.25 Å². The van der Waals surface area contributed by atoms with Crippen molar-refractivity contribution in [1.82, 2.24) is 0 Å². The van der Waals surface area contributed by atoms with Crippen LogP contribution in [0.2, 0.25) is 6.32 Å². The second kappa shape index (κ2) is 5.32. The largest absolute Gasteiger partial charge is 0.464 e. The van der Waals surface area contributed by atoms with Crippen molar-refractivity contribution in [2.24, 2.45) is 0 Å². The highest BCUT2D eigenvalue weighted by Crippen LogP contribution is 2.44. The molecule has 1 aliphatic heterocycles. The summed E-state index contributed by atoms with van der Waals surface area (Å²) in [7, 11) is -0.883. The molecule has 0 aromatic heterocycles. The van der Waals surface area contributed by atoms with E-state index >= 15 is 0 Å².